The van der Waals surface area contributed by atoms with E-state index in [-0.39, 0.29) is 12.1 Å². The number of hydrogen-bond acceptors (Lipinski definition) is 6. The van der Waals surface area contributed by atoms with Gasteiger partial charge in [-0.15, -0.1) is 11.8 Å². The molecule has 2 aliphatic rings. The van der Waals surface area contributed by atoms with Crippen molar-refractivity contribution in [3.63, 3.8) is 0 Å². The van der Waals surface area contributed by atoms with E-state index in [9.17, 15) is 9.59 Å². The van der Waals surface area contributed by atoms with Crippen molar-refractivity contribution < 1.29 is 23.8 Å². The van der Waals surface area contributed by atoms with Gasteiger partial charge in [-0.3, -0.25) is 4.79 Å². The molecule has 5 atom stereocenters. The van der Waals surface area contributed by atoms with Crippen LogP contribution in [0.3, 0.4) is 0 Å². The molecule has 0 N–H and O–H groups in total. The van der Waals surface area contributed by atoms with Gasteiger partial charge in [0.2, 0.25) is 11.7 Å². The highest BCUT2D eigenvalue weighted by Crippen LogP contribution is 2.36. The zero-order chi connectivity index (χ0) is 16.3. The van der Waals surface area contributed by atoms with Gasteiger partial charge in [0, 0.05) is 6.92 Å². The van der Waals surface area contributed by atoms with E-state index in [1.54, 1.807) is 0 Å². The molecule has 6 heteroatoms. The fourth-order valence-corrected chi connectivity index (χ4v) is 4.08. The van der Waals surface area contributed by atoms with Crippen molar-refractivity contribution in [2.45, 2.75) is 64.8 Å². The molecule has 0 spiro atoms. The summed E-state index contributed by atoms with van der Waals surface area (Å²) in [6, 6.07) is 0. The third-order valence-electron chi connectivity index (χ3n) is 4.38. The summed E-state index contributed by atoms with van der Waals surface area (Å²) in [4.78, 5) is 23.2. The lowest BCUT2D eigenvalue weighted by Gasteiger charge is -2.37. The number of carbonyl (C=O) groups is 2. The smallest absolute Gasteiger partial charge is 0.346 e. The van der Waals surface area contributed by atoms with Crippen LogP contribution in [0.2, 0.25) is 0 Å². The molecule has 2 rings (SSSR count). The Morgan fingerprint density at radius 2 is 1.95 bits per heavy atom. The number of thioether (sulfide) groups is 1. The predicted molar refractivity (Wildman–Crippen MR) is 84.1 cm³/mol. The van der Waals surface area contributed by atoms with Crippen molar-refractivity contribution >= 4 is 23.7 Å². The molecule has 0 radical (unpaired) electrons. The van der Waals surface area contributed by atoms with Gasteiger partial charge in [-0.2, -0.15) is 0 Å². The SMILES string of the molecule is CC(=O)OC1CSC(C(=O)OC2CC(C)CCC2C(C)C)O1. The third kappa shape index (κ3) is 4.62. The maximum atomic E-state index is 12.3. The van der Waals surface area contributed by atoms with Gasteiger partial charge in [-0.05, 0) is 30.6 Å². The van der Waals surface area contributed by atoms with E-state index in [2.05, 4.69) is 20.8 Å². The molecule has 126 valence electrons. The number of rotatable bonds is 4. The second-order valence-electron chi connectivity index (χ2n) is 6.64. The van der Waals surface area contributed by atoms with Crippen LogP contribution in [-0.2, 0) is 23.8 Å². The molecule has 0 aromatic heterocycles. The average molecular weight is 330 g/mol. The number of carbonyl (C=O) groups excluding carboxylic acids is 2. The van der Waals surface area contributed by atoms with E-state index in [4.69, 9.17) is 14.2 Å². The van der Waals surface area contributed by atoms with Crippen LogP contribution in [0.1, 0.15) is 47.0 Å². The minimum atomic E-state index is -0.686. The molecular weight excluding hydrogens is 304 g/mol. The fourth-order valence-electron chi connectivity index (χ4n) is 3.21. The van der Waals surface area contributed by atoms with Crippen LogP contribution in [0.5, 0.6) is 0 Å². The molecule has 0 bridgehead atoms. The molecule has 2 fully saturated rings. The van der Waals surface area contributed by atoms with Crippen LogP contribution in [0.4, 0.5) is 0 Å². The molecule has 1 saturated carbocycles. The first-order valence-electron chi connectivity index (χ1n) is 8.01. The number of hydrogen-bond donors (Lipinski definition) is 0. The Labute approximate surface area is 136 Å². The normalized spacial score (nSPS) is 35.4. The van der Waals surface area contributed by atoms with Crippen LogP contribution in [0, 0.1) is 17.8 Å². The van der Waals surface area contributed by atoms with Crippen molar-refractivity contribution in [2.24, 2.45) is 17.8 Å². The van der Waals surface area contributed by atoms with Gasteiger partial charge in [-0.25, -0.2) is 4.79 Å². The van der Waals surface area contributed by atoms with Crippen LogP contribution >= 0.6 is 11.8 Å². The zero-order valence-corrected chi connectivity index (χ0v) is 14.6. The van der Waals surface area contributed by atoms with Crippen LogP contribution in [-0.4, -0.2) is 35.5 Å². The molecule has 1 aliphatic carbocycles. The monoisotopic (exact) mass is 330 g/mol. The first-order chi connectivity index (χ1) is 10.4. The number of ether oxygens (including phenoxy) is 3. The highest BCUT2D eigenvalue weighted by molar-refractivity contribution is 8.00. The van der Waals surface area contributed by atoms with Crippen LogP contribution < -0.4 is 0 Å². The first-order valence-corrected chi connectivity index (χ1v) is 9.06. The lowest BCUT2D eigenvalue weighted by atomic mass is 9.75. The van der Waals surface area contributed by atoms with Gasteiger partial charge in [0.25, 0.3) is 0 Å². The summed E-state index contributed by atoms with van der Waals surface area (Å²) in [6.45, 7) is 7.89. The Bertz CT molecular complexity index is 411. The maximum absolute atomic E-state index is 12.3. The molecule has 0 aromatic rings. The summed E-state index contributed by atoms with van der Waals surface area (Å²) in [5, 5.41) is 0. The Balaban J connectivity index is 1.88. The molecule has 0 aromatic carbocycles. The molecule has 0 amide bonds. The average Bonchev–Trinajstić information content (AvgIpc) is 2.86. The predicted octanol–water partition coefficient (Wildman–Crippen LogP) is 2.97. The Kier molecular flexibility index (Phi) is 6.15. The fraction of sp³-hybridized carbons (Fsp3) is 0.875. The largest absolute Gasteiger partial charge is 0.459 e. The Morgan fingerprint density at radius 1 is 1.23 bits per heavy atom. The van der Waals surface area contributed by atoms with Gasteiger partial charge >= 0.3 is 11.9 Å². The van der Waals surface area contributed by atoms with Gasteiger partial charge in [0.1, 0.15) is 6.10 Å². The molecular formula is C16H26O5S. The van der Waals surface area contributed by atoms with Gasteiger partial charge in [0.05, 0.1) is 5.75 Å². The minimum Gasteiger partial charge on any atom is -0.459 e. The van der Waals surface area contributed by atoms with E-state index in [1.165, 1.54) is 25.1 Å². The molecule has 1 heterocycles. The van der Waals surface area contributed by atoms with Crippen LogP contribution in [0.25, 0.3) is 0 Å². The van der Waals surface area contributed by atoms with Crippen LogP contribution in [0.15, 0.2) is 0 Å². The molecule has 1 aliphatic heterocycles. The second kappa shape index (κ2) is 7.68. The van der Waals surface area contributed by atoms with Crippen molar-refractivity contribution in [3.8, 4) is 0 Å². The second-order valence-corrected chi connectivity index (χ2v) is 7.74. The van der Waals surface area contributed by atoms with Gasteiger partial charge in [0.15, 0.2) is 0 Å². The summed E-state index contributed by atoms with van der Waals surface area (Å²) in [5.41, 5.74) is -0.686. The first kappa shape index (κ1) is 17.6. The topological polar surface area (TPSA) is 61.8 Å². The zero-order valence-electron chi connectivity index (χ0n) is 13.7. The van der Waals surface area contributed by atoms with Crippen molar-refractivity contribution in [2.75, 3.05) is 5.75 Å². The van der Waals surface area contributed by atoms with E-state index in [1.807, 2.05) is 0 Å². The van der Waals surface area contributed by atoms with E-state index >= 15 is 0 Å². The summed E-state index contributed by atoms with van der Waals surface area (Å²) in [6.07, 6.45) is 2.53. The lowest BCUT2D eigenvalue weighted by Crippen LogP contribution is -2.38. The summed E-state index contributed by atoms with van der Waals surface area (Å²) in [5.74, 6) is 1.21. The van der Waals surface area contributed by atoms with E-state index in [0.717, 1.165) is 12.8 Å². The van der Waals surface area contributed by atoms with E-state index < -0.39 is 17.7 Å². The number of esters is 2. The third-order valence-corrected chi connectivity index (χ3v) is 5.45. The highest BCUT2D eigenvalue weighted by atomic mass is 32.2. The van der Waals surface area contributed by atoms with Gasteiger partial charge < -0.3 is 14.2 Å². The molecule has 22 heavy (non-hydrogen) atoms. The standard InChI is InChI=1S/C16H26O5S/c1-9(2)12-6-5-10(3)7-13(12)20-15(18)16-21-14(8-22-16)19-11(4)17/h9-10,12-14,16H,5-8H2,1-4H3. The van der Waals surface area contributed by atoms with Gasteiger partial charge in [-0.1, -0.05) is 27.2 Å². The molecule has 1 saturated heterocycles. The Hall–Kier alpha value is -0.750. The highest BCUT2D eigenvalue weighted by Gasteiger charge is 2.39. The maximum Gasteiger partial charge on any atom is 0.346 e. The summed E-state index contributed by atoms with van der Waals surface area (Å²) in [7, 11) is 0. The quantitative estimate of drug-likeness (QED) is 0.739. The summed E-state index contributed by atoms with van der Waals surface area (Å²) >= 11 is 1.33. The molecule has 5 unspecified atom stereocenters. The molecule has 5 nitrogen and oxygen atoms in total. The minimum absolute atomic E-state index is 0.0341. The summed E-state index contributed by atoms with van der Waals surface area (Å²) < 4.78 is 16.2. The Morgan fingerprint density at radius 3 is 2.59 bits per heavy atom. The lowest BCUT2D eigenvalue weighted by molar-refractivity contribution is -0.185. The van der Waals surface area contributed by atoms with E-state index in [0.29, 0.717) is 23.5 Å². The van der Waals surface area contributed by atoms with Crippen molar-refractivity contribution in [3.05, 3.63) is 0 Å². The van der Waals surface area contributed by atoms with Crippen molar-refractivity contribution in [1.29, 1.82) is 0 Å². The van der Waals surface area contributed by atoms with Crippen molar-refractivity contribution in [1.82, 2.24) is 0 Å².